The van der Waals surface area contributed by atoms with Crippen molar-refractivity contribution in [3.63, 3.8) is 0 Å². The molecule has 0 bridgehead atoms. The van der Waals surface area contributed by atoms with Crippen LogP contribution >= 0.6 is 0 Å². The summed E-state index contributed by atoms with van der Waals surface area (Å²) in [7, 11) is 0. The molecular formula is C19H16F2N4O. The predicted octanol–water partition coefficient (Wildman–Crippen LogP) is 2.97. The third-order valence-electron chi connectivity index (χ3n) is 4.54. The van der Waals surface area contributed by atoms with Crippen LogP contribution in [-0.4, -0.2) is 20.4 Å². The highest BCUT2D eigenvalue weighted by Gasteiger charge is 2.46. The van der Waals surface area contributed by atoms with Gasteiger partial charge < -0.3 is 5.32 Å². The first-order chi connectivity index (χ1) is 12.6. The monoisotopic (exact) mass is 354 g/mol. The average molecular weight is 354 g/mol. The first-order valence-corrected chi connectivity index (χ1v) is 8.28. The van der Waals surface area contributed by atoms with Crippen LogP contribution in [0, 0.1) is 17.6 Å². The fourth-order valence-corrected chi connectivity index (χ4v) is 3.06. The second kappa shape index (κ2) is 6.67. The van der Waals surface area contributed by atoms with E-state index in [2.05, 4.69) is 15.3 Å². The molecule has 0 saturated heterocycles. The zero-order valence-corrected chi connectivity index (χ0v) is 13.8. The van der Waals surface area contributed by atoms with Crippen LogP contribution in [0.5, 0.6) is 0 Å². The third kappa shape index (κ3) is 3.20. The molecule has 1 aliphatic rings. The minimum absolute atomic E-state index is 0.0130. The smallest absolute Gasteiger partial charge is 0.224 e. The number of nitrogens with zero attached hydrogens (tertiary/aromatic N) is 3. The van der Waals surface area contributed by atoms with Crippen LogP contribution in [0.4, 0.5) is 8.78 Å². The molecule has 0 spiro atoms. The molecule has 2 aromatic heterocycles. The molecule has 132 valence electrons. The molecule has 2 atom stereocenters. The van der Waals surface area contributed by atoms with Crippen LogP contribution in [0.2, 0.25) is 0 Å². The molecule has 1 aliphatic carbocycles. The van der Waals surface area contributed by atoms with E-state index in [1.165, 1.54) is 18.2 Å². The summed E-state index contributed by atoms with van der Waals surface area (Å²) in [5, 5.41) is 2.81. The van der Waals surface area contributed by atoms with Crippen molar-refractivity contribution in [3.05, 3.63) is 78.0 Å². The van der Waals surface area contributed by atoms with Crippen molar-refractivity contribution in [1.29, 1.82) is 0 Å². The minimum Gasteiger partial charge on any atom is -0.352 e. The van der Waals surface area contributed by atoms with Gasteiger partial charge in [-0.15, -0.1) is 0 Å². The molecule has 0 aliphatic heterocycles. The maximum atomic E-state index is 13.8. The zero-order valence-electron chi connectivity index (χ0n) is 13.8. The Morgan fingerprint density at radius 2 is 2.04 bits per heavy atom. The van der Waals surface area contributed by atoms with Gasteiger partial charge in [-0.05, 0) is 30.2 Å². The van der Waals surface area contributed by atoms with Gasteiger partial charge in [-0.3, -0.25) is 9.36 Å². The van der Waals surface area contributed by atoms with E-state index in [1.54, 1.807) is 29.5 Å². The van der Waals surface area contributed by atoms with E-state index in [0.717, 1.165) is 11.4 Å². The molecule has 2 heterocycles. The number of aromatic nitrogens is 3. The van der Waals surface area contributed by atoms with Crippen LogP contribution in [0.1, 0.15) is 23.5 Å². The first-order valence-electron chi connectivity index (χ1n) is 8.28. The fraction of sp³-hybridized carbons (Fsp3) is 0.211. The Hall–Kier alpha value is -3.09. The number of hydrogen-bond acceptors (Lipinski definition) is 3. The fourth-order valence-electron chi connectivity index (χ4n) is 3.06. The van der Waals surface area contributed by atoms with Crippen LogP contribution < -0.4 is 5.32 Å². The number of carbonyl (C=O) groups is 1. The topological polar surface area (TPSA) is 59.8 Å². The van der Waals surface area contributed by atoms with Crippen molar-refractivity contribution in [3.8, 4) is 5.82 Å². The van der Waals surface area contributed by atoms with Crippen molar-refractivity contribution < 1.29 is 13.6 Å². The molecule has 26 heavy (non-hydrogen) atoms. The first kappa shape index (κ1) is 16.4. The second-order valence-corrected chi connectivity index (χ2v) is 6.30. The Balaban J connectivity index is 1.35. The molecule has 1 N–H and O–H groups in total. The van der Waals surface area contributed by atoms with Crippen molar-refractivity contribution in [2.45, 2.75) is 18.9 Å². The van der Waals surface area contributed by atoms with Gasteiger partial charge in [0.15, 0.2) is 0 Å². The standard InChI is InChI=1S/C19H16F2N4O/c20-15-2-1-3-16(21)18(15)13-8-14(13)19(26)24-10-12-4-5-17(23-9-12)25-7-6-22-11-25/h1-7,9,11,13-14H,8,10H2,(H,24,26). The Kier molecular flexibility index (Phi) is 4.20. The van der Waals surface area contributed by atoms with Crippen LogP contribution in [0.3, 0.4) is 0 Å². The summed E-state index contributed by atoms with van der Waals surface area (Å²) in [6.45, 7) is 0.318. The Morgan fingerprint density at radius 3 is 2.69 bits per heavy atom. The minimum atomic E-state index is -0.593. The van der Waals surface area contributed by atoms with Gasteiger partial charge in [-0.2, -0.15) is 0 Å². The van der Waals surface area contributed by atoms with E-state index in [9.17, 15) is 13.6 Å². The Labute approximate surface area is 148 Å². The van der Waals surface area contributed by atoms with Gasteiger partial charge in [0, 0.05) is 42.5 Å². The molecule has 4 rings (SSSR count). The predicted molar refractivity (Wildman–Crippen MR) is 90.4 cm³/mol. The van der Waals surface area contributed by atoms with Gasteiger partial charge in [0.2, 0.25) is 5.91 Å². The number of halogens is 2. The lowest BCUT2D eigenvalue weighted by molar-refractivity contribution is -0.122. The summed E-state index contributed by atoms with van der Waals surface area (Å²) in [6, 6.07) is 7.46. The van der Waals surface area contributed by atoms with Crippen LogP contribution in [-0.2, 0) is 11.3 Å². The highest BCUT2D eigenvalue weighted by molar-refractivity contribution is 5.82. The lowest BCUT2D eigenvalue weighted by Gasteiger charge is -2.07. The Morgan fingerprint density at radius 1 is 1.23 bits per heavy atom. The van der Waals surface area contributed by atoms with Gasteiger partial charge in [0.05, 0.1) is 0 Å². The normalized spacial score (nSPS) is 18.5. The van der Waals surface area contributed by atoms with Gasteiger partial charge >= 0.3 is 0 Å². The van der Waals surface area contributed by atoms with Gasteiger partial charge in [0.1, 0.15) is 23.8 Å². The number of pyridine rings is 1. The molecule has 5 nitrogen and oxygen atoms in total. The molecule has 7 heteroatoms. The molecular weight excluding hydrogens is 338 g/mol. The molecule has 1 amide bonds. The lowest BCUT2D eigenvalue weighted by Crippen LogP contribution is -2.25. The highest BCUT2D eigenvalue weighted by Crippen LogP contribution is 2.49. The highest BCUT2D eigenvalue weighted by atomic mass is 19.1. The average Bonchev–Trinajstić information content (AvgIpc) is 3.22. The largest absolute Gasteiger partial charge is 0.352 e. The van der Waals surface area contributed by atoms with Crippen molar-refractivity contribution in [2.75, 3.05) is 0 Å². The SMILES string of the molecule is O=C(NCc1ccc(-n2ccnc2)nc1)C1CC1c1c(F)cccc1F. The summed E-state index contributed by atoms with van der Waals surface area (Å²) in [5.41, 5.74) is 0.857. The summed E-state index contributed by atoms with van der Waals surface area (Å²) < 4.78 is 29.4. The number of amides is 1. The van der Waals surface area contributed by atoms with E-state index < -0.39 is 17.6 Å². The van der Waals surface area contributed by atoms with Crippen molar-refractivity contribution in [1.82, 2.24) is 19.9 Å². The van der Waals surface area contributed by atoms with E-state index in [0.29, 0.717) is 13.0 Å². The van der Waals surface area contributed by atoms with Crippen molar-refractivity contribution in [2.24, 2.45) is 5.92 Å². The molecule has 1 fully saturated rings. The molecule has 1 aromatic carbocycles. The third-order valence-corrected chi connectivity index (χ3v) is 4.54. The van der Waals surface area contributed by atoms with Gasteiger partial charge in [0.25, 0.3) is 0 Å². The summed E-state index contributed by atoms with van der Waals surface area (Å²) in [4.78, 5) is 20.5. The Bertz CT molecular complexity index is 905. The molecule has 3 aromatic rings. The zero-order chi connectivity index (χ0) is 18.1. The summed E-state index contributed by atoms with van der Waals surface area (Å²) >= 11 is 0. The second-order valence-electron chi connectivity index (χ2n) is 6.30. The maximum Gasteiger partial charge on any atom is 0.224 e. The number of imidazole rings is 1. The lowest BCUT2D eigenvalue weighted by atomic mass is 10.1. The number of benzene rings is 1. The van der Waals surface area contributed by atoms with Gasteiger partial charge in [-0.25, -0.2) is 18.7 Å². The van der Waals surface area contributed by atoms with E-state index in [1.807, 2.05) is 12.1 Å². The molecule has 1 saturated carbocycles. The summed E-state index contributed by atoms with van der Waals surface area (Å²) in [6.07, 6.45) is 7.25. The van der Waals surface area contributed by atoms with E-state index in [-0.39, 0.29) is 17.4 Å². The van der Waals surface area contributed by atoms with Crippen molar-refractivity contribution >= 4 is 5.91 Å². The van der Waals surface area contributed by atoms with E-state index in [4.69, 9.17) is 0 Å². The summed E-state index contributed by atoms with van der Waals surface area (Å²) in [5.74, 6) is -1.43. The number of nitrogens with one attached hydrogen (secondary N) is 1. The quantitative estimate of drug-likeness (QED) is 0.766. The van der Waals surface area contributed by atoms with Gasteiger partial charge in [-0.1, -0.05) is 12.1 Å². The number of rotatable bonds is 5. The maximum absolute atomic E-state index is 13.8. The molecule has 0 radical (unpaired) electrons. The number of hydrogen-bond donors (Lipinski definition) is 1. The number of carbonyl (C=O) groups excluding carboxylic acids is 1. The van der Waals surface area contributed by atoms with E-state index >= 15 is 0 Å². The van der Waals surface area contributed by atoms with Crippen LogP contribution in [0.15, 0.2) is 55.2 Å². The van der Waals surface area contributed by atoms with Crippen LogP contribution in [0.25, 0.3) is 5.82 Å². The molecule has 2 unspecified atom stereocenters.